The van der Waals surface area contributed by atoms with Crippen molar-refractivity contribution in [2.45, 2.75) is 13.0 Å². The minimum atomic E-state index is -0.229. The first-order valence-corrected chi connectivity index (χ1v) is 5.96. The Morgan fingerprint density at radius 2 is 2.29 bits per heavy atom. The first-order chi connectivity index (χ1) is 8.16. The zero-order valence-corrected chi connectivity index (χ0v) is 10.1. The maximum Gasteiger partial charge on any atom is 0.270 e. The Balaban J connectivity index is 2.04. The molecular weight excluding hydrogens is 236 g/mol. The topological polar surface area (TPSA) is 80.9 Å². The molecule has 0 radical (unpaired) electrons. The highest BCUT2D eigenvalue weighted by molar-refractivity contribution is 7.09. The fourth-order valence-electron chi connectivity index (χ4n) is 1.32. The molecule has 5 nitrogen and oxygen atoms in total. The number of hydrogen-bond donors (Lipinski definition) is 2. The standard InChI is InChI=1S/C11H12N4OS/c1-7(11-13-4-5-17-11)15-10(16)9-3-2-8(12)6-14-9/h2-7H,12H2,1H3,(H,15,16). The lowest BCUT2D eigenvalue weighted by atomic mass is 10.3. The molecule has 3 N–H and O–H groups in total. The summed E-state index contributed by atoms with van der Waals surface area (Å²) in [5, 5.41) is 5.57. The van der Waals surface area contributed by atoms with Crippen LogP contribution in [0.25, 0.3) is 0 Å². The molecule has 0 aliphatic carbocycles. The van der Waals surface area contributed by atoms with Gasteiger partial charge in [0.15, 0.2) is 0 Å². The van der Waals surface area contributed by atoms with E-state index in [0.717, 1.165) is 5.01 Å². The molecule has 0 spiro atoms. The second kappa shape index (κ2) is 4.92. The van der Waals surface area contributed by atoms with Crippen molar-refractivity contribution in [2.75, 3.05) is 5.73 Å². The summed E-state index contributed by atoms with van der Waals surface area (Å²) in [5.41, 5.74) is 6.39. The van der Waals surface area contributed by atoms with Crippen LogP contribution in [0.4, 0.5) is 5.69 Å². The molecule has 0 aliphatic heterocycles. The predicted molar refractivity (Wildman–Crippen MR) is 66.6 cm³/mol. The number of rotatable bonds is 3. The Labute approximate surface area is 103 Å². The minimum Gasteiger partial charge on any atom is -0.397 e. The SMILES string of the molecule is CC(NC(=O)c1ccc(N)cn1)c1nccs1. The fraction of sp³-hybridized carbons (Fsp3) is 0.182. The van der Waals surface area contributed by atoms with Crippen molar-refractivity contribution < 1.29 is 4.79 Å². The average Bonchev–Trinajstić information content (AvgIpc) is 2.83. The van der Waals surface area contributed by atoms with Gasteiger partial charge in [-0.05, 0) is 19.1 Å². The number of anilines is 1. The smallest absolute Gasteiger partial charge is 0.270 e. The van der Waals surface area contributed by atoms with E-state index < -0.39 is 0 Å². The molecule has 0 fully saturated rings. The molecule has 88 valence electrons. The maximum absolute atomic E-state index is 11.8. The Bertz CT molecular complexity index is 495. The summed E-state index contributed by atoms with van der Waals surface area (Å²) in [5.74, 6) is -0.229. The predicted octanol–water partition coefficient (Wildman–Crippen LogP) is 1.61. The summed E-state index contributed by atoms with van der Waals surface area (Å²) >= 11 is 1.50. The highest BCUT2D eigenvalue weighted by atomic mass is 32.1. The van der Waals surface area contributed by atoms with Crippen LogP contribution in [0, 0.1) is 0 Å². The number of nitrogen functional groups attached to an aromatic ring is 1. The highest BCUT2D eigenvalue weighted by Crippen LogP contribution is 2.15. The van der Waals surface area contributed by atoms with E-state index in [2.05, 4.69) is 15.3 Å². The van der Waals surface area contributed by atoms with Gasteiger partial charge in [-0.25, -0.2) is 9.97 Å². The van der Waals surface area contributed by atoms with E-state index >= 15 is 0 Å². The maximum atomic E-state index is 11.8. The molecule has 6 heteroatoms. The van der Waals surface area contributed by atoms with Gasteiger partial charge in [-0.1, -0.05) is 0 Å². The molecule has 0 saturated carbocycles. The second-order valence-corrected chi connectivity index (χ2v) is 4.47. The molecule has 0 aliphatic rings. The molecule has 1 atom stereocenters. The van der Waals surface area contributed by atoms with Crippen LogP contribution in [0.3, 0.4) is 0 Å². The van der Waals surface area contributed by atoms with Crippen LogP contribution < -0.4 is 11.1 Å². The zero-order valence-electron chi connectivity index (χ0n) is 9.25. The molecule has 2 aromatic heterocycles. The van der Waals surface area contributed by atoms with E-state index in [0.29, 0.717) is 11.4 Å². The van der Waals surface area contributed by atoms with Crippen molar-refractivity contribution in [3.8, 4) is 0 Å². The number of nitrogens with two attached hydrogens (primary N) is 1. The van der Waals surface area contributed by atoms with Crippen LogP contribution in [0.15, 0.2) is 29.9 Å². The average molecular weight is 248 g/mol. The van der Waals surface area contributed by atoms with Crippen molar-refractivity contribution >= 4 is 22.9 Å². The lowest BCUT2D eigenvalue weighted by molar-refractivity contribution is 0.0935. The fourth-order valence-corrected chi connectivity index (χ4v) is 1.97. The molecule has 1 unspecified atom stereocenters. The molecule has 17 heavy (non-hydrogen) atoms. The third-order valence-corrected chi connectivity index (χ3v) is 3.15. The van der Waals surface area contributed by atoms with E-state index in [1.54, 1.807) is 18.3 Å². The Hall–Kier alpha value is -1.95. The summed E-state index contributed by atoms with van der Waals surface area (Å²) in [6, 6.07) is 3.12. The summed E-state index contributed by atoms with van der Waals surface area (Å²) < 4.78 is 0. The molecule has 0 aromatic carbocycles. The number of carbonyl (C=O) groups excluding carboxylic acids is 1. The molecule has 0 saturated heterocycles. The van der Waals surface area contributed by atoms with Gasteiger partial charge in [0.1, 0.15) is 10.7 Å². The Morgan fingerprint density at radius 3 is 2.88 bits per heavy atom. The van der Waals surface area contributed by atoms with Gasteiger partial charge in [0.05, 0.1) is 17.9 Å². The van der Waals surface area contributed by atoms with Crippen LogP contribution in [-0.4, -0.2) is 15.9 Å². The lowest BCUT2D eigenvalue weighted by Gasteiger charge is -2.10. The monoisotopic (exact) mass is 248 g/mol. The van der Waals surface area contributed by atoms with E-state index in [1.165, 1.54) is 17.5 Å². The minimum absolute atomic E-state index is 0.123. The number of hydrogen-bond acceptors (Lipinski definition) is 5. The van der Waals surface area contributed by atoms with Gasteiger partial charge in [-0.15, -0.1) is 11.3 Å². The number of pyridine rings is 1. The summed E-state index contributed by atoms with van der Waals surface area (Å²) in [6.45, 7) is 1.88. The molecule has 2 aromatic rings. The van der Waals surface area contributed by atoms with Crippen LogP contribution in [0.1, 0.15) is 28.5 Å². The number of nitrogens with one attached hydrogen (secondary N) is 1. The van der Waals surface area contributed by atoms with Crippen molar-refractivity contribution in [3.63, 3.8) is 0 Å². The van der Waals surface area contributed by atoms with E-state index in [9.17, 15) is 4.79 Å². The van der Waals surface area contributed by atoms with Gasteiger partial charge in [0, 0.05) is 11.6 Å². The van der Waals surface area contributed by atoms with Crippen molar-refractivity contribution in [3.05, 3.63) is 40.6 Å². The zero-order chi connectivity index (χ0) is 12.3. The third-order valence-electron chi connectivity index (χ3n) is 2.19. The number of amides is 1. The second-order valence-electron chi connectivity index (χ2n) is 3.54. The van der Waals surface area contributed by atoms with E-state index in [4.69, 9.17) is 5.73 Å². The van der Waals surface area contributed by atoms with Gasteiger partial charge >= 0.3 is 0 Å². The summed E-state index contributed by atoms with van der Waals surface area (Å²) in [4.78, 5) is 19.9. The van der Waals surface area contributed by atoms with Crippen molar-refractivity contribution in [2.24, 2.45) is 0 Å². The number of thiazole rings is 1. The summed E-state index contributed by atoms with van der Waals surface area (Å²) in [7, 11) is 0. The number of nitrogens with zero attached hydrogens (tertiary/aromatic N) is 2. The third kappa shape index (κ3) is 2.79. The molecule has 2 heterocycles. The highest BCUT2D eigenvalue weighted by Gasteiger charge is 2.13. The molecule has 0 bridgehead atoms. The van der Waals surface area contributed by atoms with Crippen LogP contribution in [-0.2, 0) is 0 Å². The van der Waals surface area contributed by atoms with E-state index in [-0.39, 0.29) is 11.9 Å². The molecular formula is C11H12N4OS. The van der Waals surface area contributed by atoms with Gasteiger partial charge in [0.2, 0.25) is 0 Å². The Morgan fingerprint density at radius 1 is 1.47 bits per heavy atom. The normalized spacial score (nSPS) is 12.1. The lowest BCUT2D eigenvalue weighted by Crippen LogP contribution is -2.27. The van der Waals surface area contributed by atoms with Crippen LogP contribution in [0.2, 0.25) is 0 Å². The number of carbonyl (C=O) groups is 1. The molecule has 2 rings (SSSR count). The summed E-state index contributed by atoms with van der Waals surface area (Å²) in [6.07, 6.45) is 3.17. The van der Waals surface area contributed by atoms with E-state index in [1.807, 2.05) is 12.3 Å². The number of aromatic nitrogens is 2. The van der Waals surface area contributed by atoms with Crippen molar-refractivity contribution in [1.82, 2.24) is 15.3 Å². The van der Waals surface area contributed by atoms with Gasteiger partial charge in [-0.3, -0.25) is 4.79 Å². The van der Waals surface area contributed by atoms with Gasteiger partial charge < -0.3 is 11.1 Å². The largest absolute Gasteiger partial charge is 0.397 e. The Kier molecular flexibility index (Phi) is 3.34. The molecule has 1 amide bonds. The first-order valence-electron chi connectivity index (χ1n) is 5.08. The van der Waals surface area contributed by atoms with Crippen LogP contribution >= 0.6 is 11.3 Å². The van der Waals surface area contributed by atoms with Crippen LogP contribution in [0.5, 0.6) is 0 Å². The van der Waals surface area contributed by atoms with Gasteiger partial charge in [-0.2, -0.15) is 0 Å². The van der Waals surface area contributed by atoms with Gasteiger partial charge in [0.25, 0.3) is 5.91 Å². The first kappa shape index (κ1) is 11.5. The quantitative estimate of drug-likeness (QED) is 0.864. The van der Waals surface area contributed by atoms with Crippen molar-refractivity contribution in [1.29, 1.82) is 0 Å².